The Labute approximate surface area is 217 Å². The molecule has 5 rings (SSSR count). The molecule has 1 aliphatic carbocycles. The largest absolute Gasteiger partial charge is 0.462 e. The Hall–Kier alpha value is -4.36. The lowest BCUT2D eigenvalue weighted by molar-refractivity contribution is -0.138. The molecule has 0 unspecified atom stereocenters. The predicted octanol–water partition coefficient (Wildman–Crippen LogP) is 7.93. The van der Waals surface area contributed by atoms with Gasteiger partial charge in [0, 0.05) is 16.5 Å². The molecule has 0 saturated heterocycles. The molecule has 4 heteroatoms. The van der Waals surface area contributed by atoms with Crippen LogP contribution in [0.15, 0.2) is 102 Å². The molecular weight excluding hydrogens is 456 g/mol. The van der Waals surface area contributed by atoms with Crippen LogP contribution in [0.5, 0.6) is 0 Å². The van der Waals surface area contributed by atoms with E-state index in [-0.39, 0.29) is 17.6 Å². The minimum Gasteiger partial charge on any atom is -0.462 e. The van der Waals surface area contributed by atoms with Crippen LogP contribution in [-0.2, 0) is 9.53 Å². The van der Waals surface area contributed by atoms with Gasteiger partial charge in [-0.25, -0.2) is 4.79 Å². The summed E-state index contributed by atoms with van der Waals surface area (Å²) in [5.74, 6) is -0.544. The van der Waals surface area contributed by atoms with Crippen molar-refractivity contribution >= 4 is 33.9 Å². The highest BCUT2D eigenvalue weighted by molar-refractivity contribution is 6.09. The molecule has 4 aromatic rings. The fourth-order valence-electron chi connectivity index (χ4n) is 5.31. The lowest BCUT2D eigenvalue weighted by Crippen LogP contribution is -2.19. The Kier molecular flexibility index (Phi) is 6.54. The van der Waals surface area contributed by atoms with Crippen molar-refractivity contribution in [3.8, 4) is 11.8 Å². The zero-order chi connectivity index (χ0) is 26.0. The number of aromatic nitrogens is 1. The van der Waals surface area contributed by atoms with Gasteiger partial charge in [0.1, 0.15) is 11.6 Å². The number of benzene rings is 3. The van der Waals surface area contributed by atoms with Gasteiger partial charge in [-0.3, -0.25) is 0 Å². The first-order valence-electron chi connectivity index (χ1n) is 12.7. The van der Waals surface area contributed by atoms with Crippen molar-refractivity contribution in [3.63, 3.8) is 0 Å². The van der Waals surface area contributed by atoms with Crippen LogP contribution in [0, 0.1) is 16.7 Å². The number of allylic oxidation sites excluding steroid dienone is 4. The maximum atomic E-state index is 12.3. The van der Waals surface area contributed by atoms with E-state index in [0.29, 0.717) is 6.42 Å². The van der Waals surface area contributed by atoms with Crippen molar-refractivity contribution in [2.45, 2.75) is 33.6 Å². The lowest BCUT2D eigenvalue weighted by atomic mass is 9.74. The van der Waals surface area contributed by atoms with E-state index < -0.39 is 5.97 Å². The summed E-state index contributed by atoms with van der Waals surface area (Å²) in [6.45, 7) is 6.32. The third-order valence-corrected chi connectivity index (χ3v) is 6.85. The second-order valence-corrected chi connectivity index (χ2v) is 10.3. The number of nitrogens with zero attached hydrogens (tertiary/aromatic N) is 2. The van der Waals surface area contributed by atoms with Crippen LogP contribution in [0.1, 0.15) is 39.2 Å². The van der Waals surface area contributed by atoms with E-state index in [1.54, 1.807) is 6.92 Å². The number of nitriles is 1. The third kappa shape index (κ3) is 4.86. The van der Waals surface area contributed by atoms with Crippen LogP contribution >= 0.6 is 0 Å². The van der Waals surface area contributed by atoms with Crippen molar-refractivity contribution in [3.05, 3.63) is 107 Å². The molecule has 0 saturated carbocycles. The van der Waals surface area contributed by atoms with Crippen molar-refractivity contribution in [2.24, 2.45) is 5.41 Å². The zero-order valence-corrected chi connectivity index (χ0v) is 21.5. The van der Waals surface area contributed by atoms with Crippen LogP contribution in [0.3, 0.4) is 0 Å². The quantitative estimate of drug-likeness (QED) is 0.163. The molecule has 1 aliphatic rings. The van der Waals surface area contributed by atoms with Crippen molar-refractivity contribution in [1.29, 1.82) is 5.26 Å². The monoisotopic (exact) mass is 486 g/mol. The van der Waals surface area contributed by atoms with Gasteiger partial charge in [0.2, 0.25) is 0 Å². The Morgan fingerprint density at radius 2 is 1.57 bits per heavy atom. The number of rotatable bonds is 5. The van der Waals surface area contributed by atoms with E-state index in [4.69, 9.17) is 4.74 Å². The molecule has 1 heterocycles. The summed E-state index contributed by atoms with van der Waals surface area (Å²) in [5.41, 5.74) is 6.48. The molecule has 0 amide bonds. The topological polar surface area (TPSA) is 55.0 Å². The zero-order valence-electron chi connectivity index (χ0n) is 21.5. The molecule has 0 bridgehead atoms. The molecule has 0 aliphatic heterocycles. The number of ether oxygens (including phenoxy) is 1. The van der Waals surface area contributed by atoms with E-state index in [1.807, 2.05) is 6.08 Å². The minimum absolute atomic E-state index is 0.0568. The van der Waals surface area contributed by atoms with Gasteiger partial charge >= 0.3 is 5.97 Å². The van der Waals surface area contributed by atoms with E-state index in [9.17, 15) is 10.1 Å². The standard InChI is InChI=1S/C33H30N2O2/c1-4-37-32(36)29(22-34)25-19-24(20-33(2,3)21-25)14-13-23-15-17-26(18-16-23)35-30-11-7-5-9-27(30)28-10-6-8-12-31(28)35/h5-19H,4,20-21H2,1-3H3/b14-13+,29-25+. The highest BCUT2D eigenvalue weighted by Gasteiger charge is 2.28. The first-order valence-corrected chi connectivity index (χ1v) is 12.7. The fourth-order valence-corrected chi connectivity index (χ4v) is 5.31. The number of esters is 1. The molecule has 1 aromatic heterocycles. The summed E-state index contributed by atoms with van der Waals surface area (Å²) in [6.07, 6.45) is 7.70. The van der Waals surface area contributed by atoms with Crippen molar-refractivity contribution in [1.82, 2.24) is 4.57 Å². The van der Waals surface area contributed by atoms with Gasteiger partial charge in [0.15, 0.2) is 0 Å². The van der Waals surface area contributed by atoms with Gasteiger partial charge in [0.25, 0.3) is 0 Å². The summed E-state index contributed by atoms with van der Waals surface area (Å²) in [6, 6.07) is 27.6. The van der Waals surface area contributed by atoms with Gasteiger partial charge < -0.3 is 9.30 Å². The van der Waals surface area contributed by atoms with E-state index in [2.05, 4.69) is 109 Å². The predicted molar refractivity (Wildman–Crippen MR) is 150 cm³/mol. The molecule has 0 atom stereocenters. The second kappa shape index (κ2) is 9.95. The van der Waals surface area contributed by atoms with Crippen LogP contribution in [0.4, 0.5) is 0 Å². The minimum atomic E-state index is -0.544. The Balaban J connectivity index is 1.47. The molecule has 37 heavy (non-hydrogen) atoms. The highest BCUT2D eigenvalue weighted by atomic mass is 16.5. The lowest BCUT2D eigenvalue weighted by Gasteiger charge is -2.30. The Morgan fingerprint density at radius 1 is 0.946 bits per heavy atom. The summed E-state index contributed by atoms with van der Waals surface area (Å²) in [5, 5.41) is 12.1. The maximum Gasteiger partial charge on any atom is 0.349 e. The van der Waals surface area contributed by atoms with Gasteiger partial charge in [0.05, 0.1) is 17.6 Å². The molecule has 184 valence electrons. The average Bonchev–Trinajstić information content (AvgIpc) is 3.22. The summed E-state index contributed by atoms with van der Waals surface area (Å²) < 4.78 is 7.41. The van der Waals surface area contributed by atoms with Crippen LogP contribution < -0.4 is 0 Å². The Morgan fingerprint density at radius 3 is 2.16 bits per heavy atom. The highest BCUT2D eigenvalue weighted by Crippen LogP contribution is 2.40. The smallest absolute Gasteiger partial charge is 0.349 e. The van der Waals surface area contributed by atoms with Gasteiger partial charge in [-0.05, 0) is 66.2 Å². The number of hydrogen-bond donors (Lipinski definition) is 0. The first-order chi connectivity index (χ1) is 17.9. The average molecular weight is 487 g/mol. The first kappa shape index (κ1) is 24.3. The molecule has 3 aromatic carbocycles. The molecule has 0 radical (unpaired) electrons. The molecule has 0 fully saturated rings. The normalized spacial score (nSPS) is 16.5. The summed E-state index contributed by atoms with van der Waals surface area (Å²) in [4.78, 5) is 12.3. The number of hydrogen-bond acceptors (Lipinski definition) is 3. The molecule has 4 nitrogen and oxygen atoms in total. The van der Waals surface area contributed by atoms with Gasteiger partial charge in [-0.15, -0.1) is 0 Å². The SMILES string of the molecule is CCOC(=O)/C(C#N)=C1C=C(/C=C/c2ccc(-n3c4ccccc4c4ccccc43)cc2)CC(C)(C)C\1. The summed E-state index contributed by atoms with van der Waals surface area (Å²) in [7, 11) is 0. The number of fused-ring (bicyclic) bond motifs is 3. The molecule has 0 N–H and O–H groups in total. The van der Waals surface area contributed by atoms with E-state index in [0.717, 1.165) is 28.8 Å². The van der Waals surface area contributed by atoms with Crippen LogP contribution in [0.25, 0.3) is 33.6 Å². The van der Waals surface area contributed by atoms with E-state index >= 15 is 0 Å². The molecular formula is C33H30N2O2. The van der Waals surface area contributed by atoms with Crippen LogP contribution in [0.2, 0.25) is 0 Å². The van der Waals surface area contributed by atoms with Gasteiger partial charge in [-0.2, -0.15) is 5.26 Å². The third-order valence-electron chi connectivity index (χ3n) is 6.85. The van der Waals surface area contributed by atoms with Crippen molar-refractivity contribution < 1.29 is 9.53 Å². The fraction of sp³-hybridized carbons (Fsp3) is 0.212. The van der Waals surface area contributed by atoms with Gasteiger partial charge in [-0.1, -0.05) is 80.6 Å². The van der Waals surface area contributed by atoms with Crippen molar-refractivity contribution in [2.75, 3.05) is 6.61 Å². The van der Waals surface area contributed by atoms with Crippen LogP contribution in [-0.4, -0.2) is 17.1 Å². The number of para-hydroxylation sites is 2. The second-order valence-electron chi connectivity index (χ2n) is 10.3. The maximum absolute atomic E-state index is 12.3. The van der Waals surface area contributed by atoms with E-state index in [1.165, 1.54) is 21.8 Å². The Bertz CT molecular complexity index is 1570. The number of carbonyl (C=O) groups is 1. The number of carbonyl (C=O) groups excluding carboxylic acids is 1. The summed E-state index contributed by atoms with van der Waals surface area (Å²) >= 11 is 0. The molecule has 0 spiro atoms.